The molecule has 0 aliphatic carbocycles. The number of ether oxygens (including phenoxy) is 1. The first kappa shape index (κ1) is 15.1. The molecule has 0 spiro atoms. The molecular weight excluding hydrogens is 298 g/mol. The van der Waals surface area contributed by atoms with Crippen LogP contribution in [0.3, 0.4) is 0 Å². The Morgan fingerprint density at radius 1 is 1.05 bits per heavy atom. The molecule has 0 aliphatic heterocycles. The van der Waals surface area contributed by atoms with Crippen molar-refractivity contribution in [1.29, 1.82) is 0 Å². The van der Waals surface area contributed by atoms with E-state index in [0.29, 0.717) is 10.6 Å². The quantitative estimate of drug-likeness (QED) is 0.668. The maximum absolute atomic E-state index is 13.0. The second-order valence-electron chi connectivity index (χ2n) is 4.76. The van der Waals surface area contributed by atoms with Gasteiger partial charge in [0.1, 0.15) is 11.6 Å². The Balaban J connectivity index is 2.22. The minimum atomic E-state index is -0.420. The highest BCUT2D eigenvalue weighted by Gasteiger charge is 2.15. The van der Waals surface area contributed by atoms with Crippen LogP contribution in [-0.4, -0.2) is 6.10 Å². The summed E-state index contributed by atoms with van der Waals surface area (Å²) < 4.78 is 18.6. The van der Waals surface area contributed by atoms with Crippen molar-refractivity contribution < 1.29 is 9.13 Å². The lowest BCUT2D eigenvalue weighted by Gasteiger charge is -2.14. The summed E-state index contributed by atoms with van der Waals surface area (Å²) >= 11 is 12.4. The molecule has 0 bridgehead atoms. The molecule has 2 rings (SSSR count). The van der Waals surface area contributed by atoms with E-state index < -0.39 is 5.38 Å². The minimum Gasteiger partial charge on any atom is -0.491 e. The van der Waals surface area contributed by atoms with Gasteiger partial charge in [-0.25, -0.2) is 4.39 Å². The fourth-order valence-electron chi connectivity index (χ4n) is 1.87. The van der Waals surface area contributed by atoms with E-state index in [1.807, 2.05) is 38.1 Å². The van der Waals surface area contributed by atoms with Crippen LogP contribution >= 0.6 is 23.2 Å². The topological polar surface area (TPSA) is 9.23 Å². The Kier molecular flexibility index (Phi) is 4.90. The molecule has 1 unspecified atom stereocenters. The van der Waals surface area contributed by atoms with Crippen molar-refractivity contribution in [3.63, 3.8) is 0 Å². The van der Waals surface area contributed by atoms with Crippen LogP contribution in [0.5, 0.6) is 5.75 Å². The molecule has 0 aliphatic rings. The summed E-state index contributed by atoms with van der Waals surface area (Å²) in [7, 11) is 0. The summed E-state index contributed by atoms with van der Waals surface area (Å²) in [6.07, 6.45) is 0.124. The van der Waals surface area contributed by atoms with Crippen molar-refractivity contribution in [3.05, 3.63) is 64.4 Å². The van der Waals surface area contributed by atoms with Gasteiger partial charge in [0, 0.05) is 5.02 Å². The molecule has 0 heterocycles. The molecule has 106 valence electrons. The molecule has 0 saturated heterocycles. The van der Waals surface area contributed by atoms with Crippen LogP contribution in [0.15, 0.2) is 42.5 Å². The molecule has 0 aromatic heterocycles. The van der Waals surface area contributed by atoms with Gasteiger partial charge in [-0.1, -0.05) is 29.8 Å². The van der Waals surface area contributed by atoms with E-state index in [1.54, 1.807) is 6.07 Å². The predicted octanol–water partition coefficient (Wildman–Crippen LogP) is 5.59. The zero-order valence-corrected chi connectivity index (χ0v) is 12.8. The largest absolute Gasteiger partial charge is 0.491 e. The summed E-state index contributed by atoms with van der Waals surface area (Å²) in [5.41, 5.74) is 1.57. The zero-order chi connectivity index (χ0) is 14.7. The average molecular weight is 313 g/mol. The first-order valence-corrected chi connectivity index (χ1v) is 7.14. The van der Waals surface area contributed by atoms with Crippen LogP contribution in [0.1, 0.15) is 30.4 Å². The van der Waals surface area contributed by atoms with Crippen molar-refractivity contribution in [3.8, 4) is 5.75 Å². The zero-order valence-electron chi connectivity index (χ0n) is 11.2. The van der Waals surface area contributed by atoms with Gasteiger partial charge in [-0.05, 0) is 49.2 Å². The first-order chi connectivity index (χ1) is 9.47. The smallest absolute Gasteiger partial charge is 0.124 e. The Hall–Kier alpha value is -1.25. The normalized spacial score (nSPS) is 12.5. The molecule has 0 fully saturated rings. The Bertz CT molecular complexity index is 582. The van der Waals surface area contributed by atoms with Gasteiger partial charge in [-0.15, -0.1) is 11.6 Å². The highest BCUT2D eigenvalue weighted by Crippen LogP contribution is 2.34. The van der Waals surface area contributed by atoms with Crippen molar-refractivity contribution in [2.24, 2.45) is 0 Å². The molecule has 0 radical (unpaired) electrons. The van der Waals surface area contributed by atoms with E-state index in [9.17, 15) is 4.39 Å². The van der Waals surface area contributed by atoms with Gasteiger partial charge in [0.2, 0.25) is 0 Å². The number of benzene rings is 2. The van der Waals surface area contributed by atoms with Crippen molar-refractivity contribution in [2.45, 2.75) is 25.3 Å². The maximum atomic E-state index is 13.0. The highest BCUT2D eigenvalue weighted by atomic mass is 35.5. The lowest BCUT2D eigenvalue weighted by atomic mass is 10.0. The fourth-order valence-corrected chi connectivity index (χ4v) is 2.54. The van der Waals surface area contributed by atoms with Crippen LogP contribution < -0.4 is 4.74 Å². The van der Waals surface area contributed by atoms with E-state index in [4.69, 9.17) is 27.9 Å². The maximum Gasteiger partial charge on any atom is 0.124 e. The summed E-state index contributed by atoms with van der Waals surface area (Å²) in [5.74, 6) is 0.418. The number of hydrogen-bond donors (Lipinski definition) is 0. The number of alkyl halides is 1. The van der Waals surface area contributed by atoms with Gasteiger partial charge in [0.25, 0.3) is 0 Å². The van der Waals surface area contributed by atoms with Gasteiger partial charge in [0.15, 0.2) is 0 Å². The Morgan fingerprint density at radius 3 is 2.25 bits per heavy atom. The second-order valence-corrected chi connectivity index (χ2v) is 5.61. The lowest BCUT2D eigenvalue weighted by molar-refractivity contribution is 0.242. The molecule has 0 amide bonds. The van der Waals surface area contributed by atoms with E-state index in [1.165, 1.54) is 12.1 Å². The third-order valence-corrected chi connectivity index (χ3v) is 3.59. The van der Waals surface area contributed by atoms with Gasteiger partial charge in [-0.2, -0.15) is 0 Å². The van der Waals surface area contributed by atoms with Crippen LogP contribution in [0.25, 0.3) is 0 Å². The van der Waals surface area contributed by atoms with Crippen molar-refractivity contribution in [1.82, 2.24) is 0 Å². The summed E-state index contributed by atoms with van der Waals surface area (Å²) in [4.78, 5) is 0. The van der Waals surface area contributed by atoms with Crippen LogP contribution in [-0.2, 0) is 0 Å². The average Bonchev–Trinajstić information content (AvgIpc) is 2.38. The van der Waals surface area contributed by atoms with E-state index in [0.717, 1.165) is 11.3 Å². The van der Waals surface area contributed by atoms with Crippen molar-refractivity contribution in [2.75, 3.05) is 0 Å². The van der Waals surface area contributed by atoms with Gasteiger partial charge in [-0.3, -0.25) is 0 Å². The summed E-state index contributed by atoms with van der Waals surface area (Å²) in [6, 6.07) is 11.7. The highest BCUT2D eigenvalue weighted by molar-refractivity contribution is 6.33. The number of rotatable bonds is 4. The van der Waals surface area contributed by atoms with Crippen LogP contribution in [0.4, 0.5) is 4.39 Å². The van der Waals surface area contributed by atoms with E-state index in [2.05, 4.69) is 0 Å². The molecule has 20 heavy (non-hydrogen) atoms. The first-order valence-electron chi connectivity index (χ1n) is 6.33. The Morgan fingerprint density at radius 2 is 1.70 bits per heavy atom. The third kappa shape index (κ3) is 3.65. The fraction of sp³-hybridized carbons (Fsp3) is 0.250. The van der Waals surface area contributed by atoms with Gasteiger partial charge in [0.05, 0.1) is 11.5 Å². The lowest BCUT2D eigenvalue weighted by Crippen LogP contribution is -2.05. The molecule has 1 atom stereocenters. The molecule has 0 N–H and O–H groups in total. The molecule has 0 saturated carbocycles. The SMILES string of the molecule is CC(C)Oc1ccc(C(Cl)c2ccc(F)cc2Cl)cc1. The third-order valence-electron chi connectivity index (χ3n) is 2.78. The van der Waals surface area contributed by atoms with Crippen molar-refractivity contribution >= 4 is 23.2 Å². The minimum absolute atomic E-state index is 0.124. The predicted molar refractivity (Wildman–Crippen MR) is 81.3 cm³/mol. The van der Waals surface area contributed by atoms with Gasteiger partial charge < -0.3 is 4.74 Å². The summed E-state index contributed by atoms with van der Waals surface area (Å²) in [6.45, 7) is 3.94. The monoisotopic (exact) mass is 312 g/mol. The van der Waals surface area contributed by atoms with E-state index >= 15 is 0 Å². The van der Waals surface area contributed by atoms with Gasteiger partial charge >= 0.3 is 0 Å². The standard InChI is InChI=1S/C16H15Cl2FO/c1-10(2)20-13-6-3-11(4-7-13)16(18)14-8-5-12(19)9-15(14)17/h3-10,16H,1-2H3. The van der Waals surface area contributed by atoms with Crippen LogP contribution in [0, 0.1) is 5.82 Å². The number of hydrogen-bond acceptors (Lipinski definition) is 1. The van der Waals surface area contributed by atoms with Crippen LogP contribution in [0.2, 0.25) is 5.02 Å². The molecule has 1 nitrogen and oxygen atoms in total. The second kappa shape index (κ2) is 6.47. The molecule has 4 heteroatoms. The molecular formula is C16H15Cl2FO. The van der Waals surface area contributed by atoms with E-state index in [-0.39, 0.29) is 11.9 Å². The Labute approximate surface area is 128 Å². The summed E-state index contributed by atoms with van der Waals surface area (Å²) in [5, 5.41) is -0.0938. The molecule has 2 aromatic carbocycles. The number of halogens is 3. The molecule has 2 aromatic rings.